The third-order valence-corrected chi connectivity index (χ3v) is 1.43. The van der Waals surface area contributed by atoms with Crippen molar-refractivity contribution in [1.82, 2.24) is 0 Å². The van der Waals surface area contributed by atoms with Crippen molar-refractivity contribution < 1.29 is 0 Å². The first-order valence-electron chi connectivity index (χ1n) is 3.49. The van der Waals surface area contributed by atoms with Gasteiger partial charge < -0.3 is 0 Å². The van der Waals surface area contributed by atoms with E-state index in [1.807, 2.05) is 0 Å². The van der Waals surface area contributed by atoms with Crippen molar-refractivity contribution in [1.29, 1.82) is 0 Å². The summed E-state index contributed by atoms with van der Waals surface area (Å²) in [4.78, 5) is 0. The molecule has 8 heavy (non-hydrogen) atoms. The summed E-state index contributed by atoms with van der Waals surface area (Å²) < 4.78 is 0. The van der Waals surface area contributed by atoms with Crippen LogP contribution >= 0.6 is 0 Å². The quantitative estimate of drug-likeness (QED) is 0.492. The van der Waals surface area contributed by atoms with E-state index in [1.165, 1.54) is 19.3 Å². The van der Waals surface area contributed by atoms with Crippen molar-refractivity contribution in [3.8, 4) is 0 Å². The lowest BCUT2D eigenvalue weighted by atomic mass is 10.1. The lowest BCUT2D eigenvalue weighted by Gasteiger charge is -1.97. The van der Waals surface area contributed by atoms with E-state index in [4.69, 9.17) is 0 Å². The van der Waals surface area contributed by atoms with Crippen LogP contribution in [0.1, 0.15) is 40.0 Å². The van der Waals surface area contributed by atoms with Crippen molar-refractivity contribution >= 4 is 0 Å². The second-order valence-electron chi connectivity index (χ2n) is 2.05. The van der Waals surface area contributed by atoms with Gasteiger partial charge in [0.2, 0.25) is 0 Å². The highest BCUT2D eigenvalue weighted by molar-refractivity contribution is 4.98. The summed E-state index contributed by atoms with van der Waals surface area (Å²) in [6, 6.07) is 0. The molecule has 0 saturated carbocycles. The maximum absolute atomic E-state index is 2.23. The van der Waals surface area contributed by atoms with Crippen molar-refractivity contribution in [2.75, 3.05) is 0 Å². The molecule has 0 fully saturated rings. The van der Waals surface area contributed by atoms with E-state index in [-0.39, 0.29) is 0 Å². The molecule has 0 aromatic heterocycles. The molecule has 0 nitrogen and oxygen atoms in total. The van der Waals surface area contributed by atoms with Gasteiger partial charge in [0.05, 0.1) is 0 Å². The first-order valence-corrected chi connectivity index (χ1v) is 3.49. The summed E-state index contributed by atoms with van der Waals surface area (Å²) in [5.74, 6) is 0. The van der Waals surface area contributed by atoms with Gasteiger partial charge in [-0.15, -0.1) is 0 Å². The van der Waals surface area contributed by atoms with Gasteiger partial charge in [0, 0.05) is 0 Å². The number of hydrogen-bond acceptors (Lipinski definition) is 0. The maximum atomic E-state index is 2.23. The summed E-state index contributed by atoms with van der Waals surface area (Å²) in [7, 11) is 0. The molecule has 0 heterocycles. The number of hydrogen-bond donors (Lipinski definition) is 0. The molecule has 0 aliphatic carbocycles. The molecular weight excluding hydrogens is 96.1 g/mol. The third kappa shape index (κ3) is 2.84. The molecule has 0 aromatic carbocycles. The molecule has 0 aromatic rings. The summed E-state index contributed by atoms with van der Waals surface area (Å²) in [6.07, 6.45) is 6.02. The minimum absolute atomic E-state index is 1.23. The molecule has 0 N–H and O–H groups in total. The Hall–Kier alpha value is -0.260. The molecule has 48 valence electrons. The molecule has 0 heteroatoms. The van der Waals surface area contributed by atoms with Crippen LogP contribution in [0, 0.1) is 0 Å². The smallest absolute Gasteiger partial charge is 0.0323 e. The molecular formula is C8H16. The Morgan fingerprint density at radius 1 is 1.38 bits per heavy atom. The summed E-state index contributed by atoms with van der Waals surface area (Å²) in [5.41, 5.74) is 1.59. The van der Waals surface area contributed by atoms with Crippen LogP contribution in [0.3, 0.4) is 0 Å². The largest absolute Gasteiger partial charge is 0.0885 e. The fourth-order valence-electron chi connectivity index (χ4n) is 0.846. The van der Waals surface area contributed by atoms with Gasteiger partial charge in [-0.2, -0.15) is 0 Å². The first kappa shape index (κ1) is 7.74. The fraction of sp³-hybridized carbons (Fsp3) is 0.750. The van der Waals surface area contributed by atoms with Gasteiger partial charge in [-0.1, -0.05) is 31.9 Å². The van der Waals surface area contributed by atoms with E-state index in [0.29, 0.717) is 0 Å². The molecule has 0 aliphatic heterocycles. The van der Waals surface area contributed by atoms with Crippen molar-refractivity contribution in [2.45, 2.75) is 40.0 Å². The van der Waals surface area contributed by atoms with Gasteiger partial charge in [0.15, 0.2) is 0 Å². The minimum Gasteiger partial charge on any atom is -0.0885 e. The molecule has 0 saturated heterocycles. The third-order valence-electron chi connectivity index (χ3n) is 1.43. The Morgan fingerprint density at radius 3 is 2.12 bits per heavy atom. The molecule has 0 unspecified atom stereocenters. The Labute approximate surface area is 52.6 Å². The second kappa shape index (κ2) is 4.89. The van der Waals surface area contributed by atoms with Crippen LogP contribution in [0.4, 0.5) is 0 Å². The fourth-order valence-corrected chi connectivity index (χ4v) is 0.846. The summed E-state index contributed by atoms with van der Waals surface area (Å²) >= 11 is 0. The van der Waals surface area contributed by atoms with E-state index in [0.717, 1.165) is 0 Å². The van der Waals surface area contributed by atoms with E-state index in [2.05, 4.69) is 26.8 Å². The topological polar surface area (TPSA) is 0 Å². The lowest BCUT2D eigenvalue weighted by Crippen LogP contribution is -1.76. The van der Waals surface area contributed by atoms with Gasteiger partial charge in [-0.25, -0.2) is 0 Å². The van der Waals surface area contributed by atoms with Crippen LogP contribution in [0.5, 0.6) is 0 Å². The van der Waals surface area contributed by atoms with Gasteiger partial charge in [0.1, 0.15) is 0 Å². The summed E-state index contributed by atoms with van der Waals surface area (Å²) in [6.45, 7) is 6.55. The monoisotopic (exact) mass is 112 g/mol. The SMILES string of the molecule is CC=C(CC)CCC. The Morgan fingerprint density at radius 2 is 2.00 bits per heavy atom. The number of rotatable bonds is 3. The Balaban J connectivity index is 3.38. The van der Waals surface area contributed by atoms with Crippen molar-refractivity contribution in [3.63, 3.8) is 0 Å². The highest BCUT2D eigenvalue weighted by atomic mass is 13.9. The maximum Gasteiger partial charge on any atom is -0.0323 e. The zero-order valence-electron chi connectivity index (χ0n) is 6.20. The Kier molecular flexibility index (Phi) is 4.73. The predicted octanol–water partition coefficient (Wildman–Crippen LogP) is 3.14. The van der Waals surface area contributed by atoms with Crippen LogP contribution in [-0.4, -0.2) is 0 Å². The van der Waals surface area contributed by atoms with E-state index < -0.39 is 0 Å². The van der Waals surface area contributed by atoms with Crippen molar-refractivity contribution in [3.05, 3.63) is 11.6 Å². The zero-order chi connectivity index (χ0) is 6.41. The molecule has 0 amide bonds. The van der Waals surface area contributed by atoms with E-state index in [9.17, 15) is 0 Å². The lowest BCUT2D eigenvalue weighted by molar-refractivity contribution is 0.856. The Bertz CT molecular complexity index is 70.1. The molecule has 0 aliphatic rings. The average Bonchev–Trinajstić information content (AvgIpc) is 1.83. The minimum atomic E-state index is 1.23. The van der Waals surface area contributed by atoms with Crippen LogP contribution in [-0.2, 0) is 0 Å². The highest BCUT2D eigenvalue weighted by Gasteiger charge is 1.86. The van der Waals surface area contributed by atoms with Crippen LogP contribution < -0.4 is 0 Å². The predicted molar refractivity (Wildman–Crippen MR) is 39.0 cm³/mol. The average molecular weight is 112 g/mol. The van der Waals surface area contributed by atoms with Crippen LogP contribution in [0.25, 0.3) is 0 Å². The van der Waals surface area contributed by atoms with E-state index >= 15 is 0 Å². The normalized spacial score (nSPS) is 12.1. The van der Waals surface area contributed by atoms with Gasteiger partial charge in [0.25, 0.3) is 0 Å². The van der Waals surface area contributed by atoms with Crippen LogP contribution in [0.2, 0.25) is 0 Å². The van der Waals surface area contributed by atoms with Gasteiger partial charge in [-0.05, 0) is 19.8 Å². The van der Waals surface area contributed by atoms with Crippen molar-refractivity contribution in [2.24, 2.45) is 0 Å². The molecule has 0 bridgehead atoms. The van der Waals surface area contributed by atoms with Gasteiger partial charge >= 0.3 is 0 Å². The standard InChI is InChI=1S/C8H16/c1-4-7-8(5-2)6-3/h5H,4,6-7H2,1-3H3. The molecule has 0 atom stereocenters. The van der Waals surface area contributed by atoms with Crippen LogP contribution in [0.15, 0.2) is 11.6 Å². The van der Waals surface area contributed by atoms with Gasteiger partial charge in [-0.3, -0.25) is 0 Å². The molecule has 0 rings (SSSR count). The summed E-state index contributed by atoms with van der Waals surface area (Å²) in [5, 5.41) is 0. The second-order valence-corrected chi connectivity index (χ2v) is 2.05. The van der Waals surface area contributed by atoms with E-state index in [1.54, 1.807) is 5.57 Å². The highest BCUT2D eigenvalue weighted by Crippen LogP contribution is 2.07. The molecule has 0 radical (unpaired) electrons. The first-order chi connectivity index (χ1) is 3.85. The number of allylic oxidation sites excluding steroid dienone is 2. The zero-order valence-corrected chi connectivity index (χ0v) is 6.20. The molecule has 0 spiro atoms.